The topological polar surface area (TPSA) is 114 Å². The van der Waals surface area contributed by atoms with Crippen LogP contribution in [0, 0.1) is 0 Å². The maximum Gasteiger partial charge on any atom is 0.387 e. The van der Waals surface area contributed by atoms with Crippen LogP contribution in [0.3, 0.4) is 0 Å². The SMILES string of the molecule is CCS(=O)(=O)c1ccc([C@H](CCO)NC(=O)c2ccc(N3C[C@@H](Oc4ccc(OC(F)F)cc4)C[C@H]3COC(F)F)cc2)cc1. The zero-order chi connectivity index (χ0) is 32.6. The average Bonchev–Trinajstić information content (AvgIpc) is 3.43. The Morgan fingerprint density at radius 1 is 0.956 bits per heavy atom. The number of alkyl halides is 4. The summed E-state index contributed by atoms with van der Waals surface area (Å²) in [6, 6.07) is 17.2. The van der Waals surface area contributed by atoms with Gasteiger partial charge in [-0.15, -0.1) is 0 Å². The molecule has 0 bridgehead atoms. The van der Waals surface area contributed by atoms with E-state index in [2.05, 4.69) is 14.8 Å². The third kappa shape index (κ3) is 9.31. The van der Waals surface area contributed by atoms with Crippen LogP contribution in [0.2, 0.25) is 0 Å². The molecule has 0 aromatic heterocycles. The van der Waals surface area contributed by atoms with Crippen LogP contribution in [0.5, 0.6) is 11.5 Å². The molecule has 14 heteroatoms. The zero-order valence-electron chi connectivity index (χ0n) is 24.3. The van der Waals surface area contributed by atoms with Crippen molar-refractivity contribution in [2.24, 2.45) is 0 Å². The summed E-state index contributed by atoms with van der Waals surface area (Å²) in [6.45, 7) is -4.55. The second-order valence-electron chi connectivity index (χ2n) is 10.3. The van der Waals surface area contributed by atoms with Crippen molar-refractivity contribution in [3.63, 3.8) is 0 Å². The van der Waals surface area contributed by atoms with Gasteiger partial charge in [-0.2, -0.15) is 17.6 Å². The van der Waals surface area contributed by atoms with Gasteiger partial charge < -0.3 is 29.5 Å². The summed E-state index contributed by atoms with van der Waals surface area (Å²) in [6.07, 6.45) is 0.108. The molecule has 45 heavy (non-hydrogen) atoms. The van der Waals surface area contributed by atoms with E-state index in [9.17, 15) is 35.9 Å². The molecule has 0 spiro atoms. The summed E-state index contributed by atoms with van der Waals surface area (Å²) in [4.78, 5) is 15.1. The molecular formula is C31H34F4N2O7S. The average molecular weight is 655 g/mol. The second kappa shape index (κ2) is 15.4. The van der Waals surface area contributed by atoms with Gasteiger partial charge in [0.1, 0.15) is 17.6 Å². The predicted molar refractivity (Wildman–Crippen MR) is 158 cm³/mol. The third-order valence-electron chi connectivity index (χ3n) is 7.35. The number of benzene rings is 3. The van der Waals surface area contributed by atoms with E-state index < -0.39 is 47.2 Å². The van der Waals surface area contributed by atoms with E-state index in [1.165, 1.54) is 36.4 Å². The number of carbonyl (C=O) groups is 1. The standard InChI is InChI=1S/C31H34F4N2O7S/c1-2-45(40,41)27-13-5-20(6-14-27)28(15-16-38)36-29(39)21-3-7-22(8-4-21)37-18-26(17-23(37)19-42-30(32)33)43-24-9-11-25(12-10-24)44-31(34)35/h3-14,23,26,28,30-31,38H,2,15-19H2,1H3,(H,36,39)/t23-,26-,28-/m0/s1. The number of rotatable bonds is 15. The monoisotopic (exact) mass is 654 g/mol. The first-order valence-corrected chi connectivity index (χ1v) is 15.9. The Balaban J connectivity index is 1.44. The minimum absolute atomic E-state index is 0.0271. The fourth-order valence-corrected chi connectivity index (χ4v) is 5.96. The first kappa shape index (κ1) is 34.0. The van der Waals surface area contributed by atoms with Gasteiger partial charge in [0.05, 0.1) is 35.9 Å². The summed E-state index contributed by atoms with van der Waals surface area (Å²) >= 11 is 0. The van der Waals surface area contributed by atoms with E-state index in [0.717, 1.165) is 0 Å². The lowest BCUT2D eigenvalue weighted by Crippen LogP contribution is -2.34. The van der Waals surface area contributed by atoms with Gasteiger partial charge in [-0.1, -0.05) is 19.1 Å². The lowest BCUT2D eigenvalue weighted by Gasteiger charge is -2.26. The van der Waals surface area contributed by atoms with Crippen LogP contribution in [0.1, 0.15) is 41.7 Å². The van der Waals surface area contributed by atoms with E-state index in [1.54, 1.807) is 43.3 Å². The van der Waals surface area contributed by atoms with Crippen LogP contribution in [-0.2, 0) is 14.6 Å². The van der Waals surface area contributed by atoms with Gasteiger partial charge in [0, 0.05) is 24.3 Å². The first-order chi connectivity index (χ1) is 21.5. The zero-order valence-corrected chi connectivity index (χ0v) is 25.1. The highest BCUT2D eigenvalue weighted by molar-refractivity contribution is 7.91. The molecule has 2 N–H and O–H groups in total. The number of nitrogens with one attached hydrogen (secondary N) is 1. The van der Waals surface area contributed by atoms with Crippen molar-refractivity contribution in [2.75, 3.05) is 30.4 Å². The molecule has 3 aromatic rings. The smallest absolute Gasteiger partial charge is 0.387 e. The number of nitrogens with zero attached hydrogens (tertiary/aromatic N) is 1. The number of aliphatic hydroxyl groups is 1. The maximum atomic E-state index is 13.1. The van der Waals surface area contributed by atoms with Gasteiger partial charge in [-0.3, -0.25) is 4.79 Å². The largest absolute Gasteiger partial charge is 0.489 e. The number of hydrogen-bond donors (Lipinski definition) is 2. The normalized spacial score (nSPS) is 17.5. The third-order valence-corrected chi connectivity index (χ3v) is 9.10. The Morgan fingerprint density at radius 2 is 1.60 bits per heavy atom. The molecule has 1 fully saturated rings. The molecule has 0 unspecified atom stereocenters. The van der Waals surface area contributed by atoms with Crippen LogP contribution >= 0.6 is 0 Å². The Labute approximate surface area is 258 Å². The number of carbonyl (C=O) groups excluding carboxylic acids is 1. The Bertz CT molecular complexity index is 1490. The number of sulfone groups is 1. The molecule has 1 amide bonds. The van der Waals surface area contributed by atoms with E-state index in [-0.39, 0.29) is 36.0 Å². The van der Waals surface area contributed by atoms with E-state index >= 15 is 0 Å². The molecule has 9 nitrogen and oxygen atoms in total. The molecule has 0 radical (unpaired) electrons. The van der Waals surface area contributed by atoms with Crippen molar-refractivity contribution in [2.45, 2.75) is 56.1 Å². The van der Waals surface area contributed by atoms with Gasteiger partial charge in [-0.25, -0.2) is 8.42 Å². The van der Waals surface area contributed by atoms with Crippen LogP contribution < -0.4 is 19.7 Å². The summed E-state index contributed by atoms with van der Waals surface area (Å²) in [5.74, 6) is -0.104. The highest BCUT2D eigenvalue weighted by Gasteiger charge is 2.34. The maximum absolute atomic E-state index is 13.1. The summed E-state index contributed by atoms with van der Waals surface area (Å²) < 4.78 is 89.8. The molecule has 0 saturated carbocycles. The van der Waals surface area contributed by atoms with Crippen LogP contribution in [0.4, 0.5) is 23.2 Å². The molecule has 1 aliphatic rings. The van der Waals surface area contributed by atoms with Crippen molar-refractivity contribution in [3.8, 4) is 11.5 Å². The molecule has 1 heterocycles. The summed E-state index contributed by atoms with van der Waals surface area (Å²) in [5, 5.41) is 12.4. The lowest BCUT2D eigenvalue weighted by atomic mass is 10.0. The minimum atomic E-state index is -3.39. The number of aliphatic hydroxyl groups excluding tert-OH is 1. The summed E-state index contributed by atoms with van der Waals surface area (Å²) in [7, 11) is -3.39. The highest BCUT2D eigenvalue weighted by atomic mass is 32.2. The van der Waals surface area contributed by atoms with Crippen molar-refractivity contribution < 1.29 is 50.1 Å². The van der Waals surface area contributed by atoms with Gasteiger partial charge >= 0.3 is 13.2 Å². The molecule has 4 rings (SSSR count). The van der Waals surface area contributed by atoms with Crippen molar-refractivity contribution in [3.05, 3.63) is 83.9 Å². The van der Waals surface area contributed by atoms with Gasteiger partial charge in [0.25, 0.3) is 5.91 Å². The predicted octanol–water partition coefficient (Wildman–Crippen LogP) is 5.20. The number of amides is 1. The van der Waals surface area contributed by atoms with Crippen molar-refractivity contribution >= 4 is 21.4 Å². The number of hydrogen-bond acceptors (Lipinski definition) is 8. The van der Waals surface area contributed by atoms with Crippen LogP contribution in [0.25, 0.3) is 0 Å². The van der Waals surface area contributed by atoms with E-state index in [4.69, 9.17) is 4.74 Å². The Kier molecular flexibility index (Phi) is 11.6. The number of ether oxygens (including phenoxy) is 3. The van der Waals surface area contributed by atoms with Crippen LogP contribution in [-0.4, -0.2) is 70.3 Å². The van der Waals surface area contributed by atoms with Crippen LogP contribution in [0.15, 0.2) is 77.7 Å². The quantitative estimate of drug-likeness (QED) is 0.215. The lowest BCUT2D eigenvalue weighted by molar-refractivity contribution is -0.131. The number of anilines is 1. The molecular weight excluding hydrogens is 620 g/mol. The molecule has 244 valence electrons. The first-order valence-electron chi connectivity index (χ1n) is 14.2. The number of halogens is 4. The molecule has 3 atom stereocenters. The minimum Gasteiger partial charge on any atom is -0.489 e. The van der Waals surface area contributed by atoms with E-state index in [1.807, 2.05) is 4.90 Å². The fraction of sp³-hybridized carbons (Fsp3) is 0.387. The fourth-order valence-electron chi connectivity index (χ4n) is 5.08. The van der Waals surface area contributed by atoms with E-state index in [0.29, 0.717) is 35.5 Å². The second-order valence-corrected chi connectivity index (χ2v) is 12.6. The Hall–Kier alpha value is -3.88. The molecule has 1 saturated heterocycles. The van der Waals surface area contributed by atoms with Crippen molar-refractivity contribution in [1.29, 1.82) is 0 Å². The highest BCUT2D eigenvalue weighted by Crippen LogP contribution is 2.30. The summed E-state index contributed by atoms with van der Waals surface area (Å²) in [5.41, 5.74) is 1.58. The van der Waals surface area contributed by atoms with Gasteiger partial charge in [0.2, 0.25) is 0 Å². The molecule has 1 aliphatic heterocycles. The molecule has 0 aliphatic carbocycles. The Morgan fingerprint density at radius 3 is 2.18 bits per heavy atom. The molecule has 3 aromatic carbocycles. The van der Waals surface area contributed by atoms with Gasteiger partial charge in [-0.05, 0) is 72.6 Å². The van der Waals surface area contributed by atoms with Gasteiger partial charge in [0.15, 0.2) is 9.84 Å². The van der Waals surface area contributed by atoms with Crippen molar-refractivity contribution in [1.82, 2.24) is 5.32 Å².